The molecule has 184 valence electrons. The lowest BCUT2D eigenvalue weighted by Crippen LogP contribution is -2.42. The van der Waals surface area contributed by atoms with Crippen LogP contribution in [-0.4, -0.2) is 47.8 Å². The van der Waals surface area contributed by atoms with Gasteiger partial charge in [0.05, 0.1) is 22.5 Å². The normalized spacial score (nSPS) is 17.3. The number of pyridine rings is 1. The smallest absolute Gasteiger partial charge is 0.336 e. The standard InChI is InChI=1S/C25H27N3O5S2/c29-24(26-15-17-4-3-13-34-17)16-9-11-28(12-10-16)35(32,33)18-7-8-22-20(14-18)23(25(30)31)19-5-1-2-6-21(19)27-22/h3-4,7-8,13-14,16H,1-2,5-6,9-12,15H2,(H,26,29)(H,30,31). The lowest BCUT2D eigenvalue weighted by molar-refractivity contribution is -0.126. The number of nitrogens with zero attached hydrogens (tertiary/aromatic N) is 2. The van der Waals surface area contributed by atoms with Crippen molar-refractivity contribution < 1.29 is 23.1 Å². The van der Waals surface area contributed by atoms with E-state index in [0.29, 0.717) is 36.7 Å². The van der Waals surface area contributed by atoms with Crippen LogP contribution in [-0.2, 0) is 34.2 Å². The molecule has 0 unspecified atom stereocenters. The highest BCUT2D eigenvalue weighted by molar-refractivity contribution is 7.89. The first-order valence-electron chi connectivity index (χ1n) is 11.8. The minimum Gasteiger partial charge on any atom is -0.478 e. The Morgan fingerprint density at radius 2 is 1.91 bits per heavy atom. The second-order valence-electron chi connectivity index (χ2n) is 9.08. The predicted molar refractivity (Wildman–Crippen MR) is 133 cm³/mol. The first-order chi connectivity index (χ1) is 16.8. The molecular formula is C25H27N3O5S2. The monoisotopic (exact) mass is 513 g/mol. The van der Waals surface area contributed by atoms with Gasteiger partial charge in [-0.15, -0.1) is 11.3 Å². The van der Waals surface area contributed by atoms with E-state index in [1.807, 2.05) is 17.5 Å². The Bertz CT molecular complexity index is 1380. The number of aryl methyl sites for hydroxylation is 1. The average molecular weight is 514 g/mol. The molecule has 10 heteroatoms. The molecule has 1 aromatic carbocycles. The number of carbonyl (C=O) groups is 2. The Labute approximate surface area is 208 Å². The topological polar surface area (TPSA) is 117 Å². The fraction of sp³-hybridized carbons (Fsp3) is 0.400. The van der Waals surface area contributed by atoms with Crippen molar-refractivity contribution >= 4 is 44.1 Å². The largest absolute Gasteiger partial charge is 0.478 e. The van der Waals surface area contributed by atoms with E-state index in [1.165, 1.54) is 16.4 Å². The van der Waals surface area contributed by atoms with Crippen LogP contribution in [0.25, 0.3) is 10.9 Å². The summed E-state index contributed by atoms with van der Waals surface area (Å²) in [5.41, 5.74) is 2.20. The van der Waals surface area contributed by atoms with Gasteiger partial charge in [0.1, 0.15) is 0 Å². The highest BCUT2D eigenvalue weighted by Gasteiger charge is 2.33. The first kappa shape index (κ1) is 23.9. The third-order valence-electron chi connectivity index (χ3n) is 6.93. The second-order valence-corrected chi connectivity index (χ2v) is 12.0. The van der Waals surface area contributed by atoms with Crippen LogP contribution in [0.15, 0.2) is 40.6 Å². The molecule has 5 rings (SSSR count). The quantitative estimate of drug-likeness (QED) is 0.520. The zero-order chi connectivity index (χ0) is 24.6. The van der Waals surface area contributed by atoms with Gasteiger partial charge in [0.25, 0.3) is 0 Å². The Kier molecular flexibility index (Phi) is 6.61. The van der Waals surface area contributed by atoms with Crippen molar-refractivity contribution in [1.29, 1.82) is 0 Å². The number of sulfonamides is 1. The molecule has 0 radical (unpaired) electrons. The van der Waals surface area contributed by atoms with E-state index in [-0.39, 0.29) is 35.4 Å². The van der Waals surface area contributed by atoms with Gasteiger partial charge in [-0.25, -0.2) is 13.2 Å². The van der Waals surface area contributed by atoms with Crippen LogP contribution in [0.4, 0.5) is 0 Å². The van der Waals surface area contributed by atoms with Crippen molar-refractivity contribution in [3.63, 3.8) is 0 Å². The summed E-state index contributed by atoms with van der Waals surface area (Å²) >= 11 is 1.58. The van der Waals surface area contributed by atoms with Crippen molar-refractivity contribution in [1.82, 2.24) is 14.6 Å². The Morgan fingerprint density at radius 3 is 2.63 bits per heavy atom. The fourth-order valence-corrected chi connectivity index (χ4v) is 7.19. The maximum Gasteiger partial charge on any atom is 0.336 e. The minimum atomic E-state index is -3.83. The number of amides is 1. The van der Waals surface area contributed by atoms with Crippen LogP contribution < -0.4 is 5.32 Å². The van der Waals surface area contributed by atoms with E-state index >= 15 is 0 Å². The summed E-state index contributed by atoms with van der Waals surface area (Å²) in [7, 11) is -3.83. The number of aromatic carboxylic acids is 1. The second kappa shape index (κ2) is 9.67. The molecule has 0 saturated carbocycles. The highest BCUT2D eigenvalue weighted by atomic mass is 32.2. The number of hydrogen-bond acceptors (Lipinski definition) is 6. The Balaban J connectivity index is 1.34. The van der Waals surface area contributed by atoms with E-state index in [1.54, 1.807) is 17.4 Å². The van der Waals surface area contributed by atoms with E-state index in [4.69, 9.17) is 0 Å². The van der Waals surface area contributed by atoms with Crippen LogP contribution in [0.1, 0.15) is 52.2 Å². The summed E-state index contributed by atoms with van der Waals surface area (Å²) in [5, 5.41) is 15.2. The molecule has 2 N–H and O–H groups in total. The molecule has 0 atom stereocenters. The lowest BCUT2D eigenvalue weighted by atomic mass is 9.90. The maximum atomic E-state index is 13.4. The molecule has 1 aliphatic heterocycles. The molecule has 1 amide bonds. The molecule has 0 bridgehead atoms. The first-order valence-corrected chi connectivity index (χ1v) is 14.2. The molecular weight excluding hydrogens is 486 g/mol. The van der Waals surface area contributed by atoms with Crippen LogP contribution in [0, 0.1) is 5.92 Å². The summed E-state index contributed by atoms with van der Waals surface area (Å²) in [6, 6.07) is 8.47. The molecule has 1 aliphatic carbocycles. The summed E-state index contributed by atoms with van der Waals surface area (Å²) in [6.07, 6.45) is 4.13. The number of hydrogen-bond donors (Lipinski definition) is 2. The molecule has 2 aromatic heterocycles. The van der Waals surface area contributed by atoms with Gasteiger partial charge in [-0.05, 0) is 73.7 Å². The Hall–Kier alpha value is -2.82. The van der Waals surface area contributed by atoms with Gasteiger partial charge in [-0.3, -0.25) is 9.78 Å². The van der Waals surface area contributed by atoms with Crippen LogP contribution in [0.3, 0.4) is 0 Å². The predicted octanol–water partition coefficient (Wildman–Crippen LogP) is 3.59. The van der Waals surface area contributed by atoms with Gasteiger partial charge >= 0.3 is 5.97 Å². The van der Waals surface area contributed by atoms with Crippen molar-refractivity contribution in [3.05, 3.63) is 57.4 Å². The molecule has 1 saturated heterocycles. The van der Waals surface area contributed by atoms with Crippen molar-refractivity contribution in [2.75, 3.05) is 13.1 Å². The van der Waals surface area contributed by atoms with Gasteiger partial charge < -0.3 is 10.4 Å². The number of carbonyl (C=O) groups excluding carboxylic acids is 1. The van der Waals surface area contributed by atoms with Crippen LogP contribution in [0.2, 0.25) is 0 Å². The van der Waals surface area contributed by atoms with Gasteiger partial charge in [0.15, 0.2) is 0 Å². The van der Waals surface area contributed by atoms with Crippen molar-refractivity contribution in [2.24, 2.45) is 5.92 Å². The molecule has 35 heavy (non-hydrogen) atoms. The molecule has 3 aromatic rings. The molecule has 1 fully saturated rings. The summed E-state index contributed by atoms with van der Waals surface area (Å²) in [4.78, 5) is 30.5. The van der Waals surface area contributed by atoms with E-state index < -0.39 is 16.0 Å². The number of nitrogens with one attached hydrogen (secondary N) is 1. The summed E-state index contributed by atoms with van der Waals surface area (Å²) in [5.74, 6) is -1.34. The minimum absolute atomic E-state index is 0.0527. The highest BCUT2D eigenvalue weighted by Crippen LogP contribution is 2.32. The number of fused-ring (bicyclic) bond motifs is 2. The molecule has 2 aliphatic rings. The maximum absolute atomic E-state index is 13.4. The van der Waals surface area contributed by atoms with Crippen molar-refractivity contribution in [2.45, 2.75) is 50.0 Å². The van der Waals surface area contributed by atoms with Gasteiger partial charge in [0.2, 0.25) is 15.9 Å². The SMILES string of the molecule is O=C(O)c1c2c(nc3ccc(S(=O)(=O)N4CCC(C(=O)NCc5cccs5)CC4)cc13)CCCC2. The summed E-state index contributed by atoms with van der Waals surface area (Å²) < 4.78 is 28.2. The number of benzene rings is 1. The zero-order valence-corrected chi connectivity index (χ0v) is 20.8. The number of carboxylic acids is 1. The van der Waals surface area contributed by atoms with Gasteiger partial charge in [-0.2, -0.15) is 4.31 Å². The van der Waals surface area contributed by atoms with Crippen molar-refractivity contribution in [3.8, 4) is 0 Å². The van der Waals surface area contributed by atoms with Crippen LogP contribution >= 0.6 is 11.3 Å². The Morgan fingerprint density at radius 1 is 1.14 bits per heavy atom. The molecule has 3 heterocycles. The number of thiophene rings is 1. The lowest BCUT2D eigenvalue weighted by Gasteiger charge is -2.30. The van der Waals surface area contributed by atoms with Gasteiger partial charge in [-0.1, -0.05) is 6.07 Å². The van der Waals surface area contributed by atoms with Gasteiger partial charge in [0, 0.05) is 35.0 Å². The number of aromatic nitrogens is 1. The van der Waals surface area contributed by atoms with E-state index in [0.717, 1.165) is 35.4 Å². The number of carboxylic acid groups (broad SMARTS) is 1. The van der Waals surface area contributed by atoms with E-state index in [2.05, 4.69) is 10.3 Å². The molecule has 0 spiro atoms. The fourth-order valence-electron chi connectivity index (χ4n) is 5.05. The summed E-state index contributed by atoms with van der Waals surface area (Å²) in [6.45, 7) is 0.965. The third kappa shape index (κ3) is 4.70. The number of piperidine rings is 1. The average Bonchev–Trinajstić information content (AvgIpc) is 3.39. The van der Waals surface area contributed by atoms with Crippen LogP contribution in [0.5, 0.6) is 0 Å². The van der Waals surface area contributed by atoms with E-state index in [9.17, 15) is 23.1 Å². The number of rotatable bonds is 6. The molecule has 8 nitrogen and oxygen atoms in total. The third-order valence-corrected chi connectivity index (χ3v) is 9.70. The zero-order valence-electron chi connectivity index (χ0n) is 19.2.